The summed E-state index contributed by atoms with van der Waals surface area (Å²) < 4.78 is 14.3. The van der Waals surface area contributed by atoms with Crippen LogP contribution < -0.4 is 5.73 Å². The second-order valence-electron chi connectivity index (χ2n) is 5.37. The van der Waals surface area contributed by atoms with Crippen LogP contribution in [0.1, 0.15) is 25.0 Å². The molecule has 3 N–H and O–H groups in total. The average molecular weight is 280 g/mol. The van der Waals surface area contributed by atoms with Crippen molar-refractivity contribution < 1.29 is 4.39 Å². The molecule has 1 rings (SSSR count). The third kappa shape index (κ3) is 4.28. The number of nitrogen functional groups attached to an aromatic ring is 1. The van der Waals surface area contributed by atoms with Gasteiger partial charge in [0.05, 0.1) is 5.56 Å². The molecule has 0 spiro atoms. The highest BCUT2D eigenvalue weighted by Crippen LogP contribution is 2.16. The molecule has 0 bridgehead atoms. The third-order valence-electron chi connectivity index (χ3n) is 3.40. The molecule has 0 aliphatic rings. The maximum Gasteiger partial charge on any atom is 0.138 e. The first-order valence-electron chi connectivity index (χ1n) is 6.87. The van der Waals surface area contributed by atoms with Gasteiger partial charge in [-0.2, -0.15) is 0 Å². The second kappa shape index (κ2) is 7.36. The summed E-state index contributed by atoms with van der Waals surface area (Å²) in [5, 5.41) is 7.39. The topological polar surface area (TPSA) is 56.4 Å². The van der Waals surface area contributed by atoms with E-state index in [0.29, 0.717) is 18.2 Å². The SMILES string of the molecule is CCN(Cc1cccc(C(=N)N)c1F)C(C)CN(C)C. The molecule has 1 atom stereocenters. The fraction of sp³-hybridized carbons (Fsp3) is 0.533. The first-order chi connectivity index (χ1) is 9.36. The van der Waals surface area contributed by atoms with Gasteiger partial charge in [0.2, 0.25) is 0 Å². The van der Waals surface area contributed by atoms with Crippen molar-refractivity contribution in [3.8, 4) is 0 Å². The largest absolute Gasteiger partial charge is 0.384 e. The fourth-order valence-corrected chi connectivity index (χ4v) is 2.35. The summed E-state index contributed by atoms with van der Waals surface area (Å²) in [5.41, 5.74) is 6.16. The lowest BCUT2D eigenvalue weighted by atomic mass is 10.1. The van der Waals surface area contributed by atoms with E-state index in [1.807, 2.05) is 14.1 Å². The van der Waals surface area contributed by atoms with Gasteiger partial charge in [-0.25, -0.2) is 4.39 Å². The minimum absolute atomic E-state index is 0.179. The van der Waals surface area contributed by atoms with Crippen LogP contribution in [-0.2, 0) is 6.54 Å². The summed E-state index contributed by atoms with van der Waals surface area (Å²) in [5.74, 6) is -0.607. The number of rotatable bonds is 7. The van der Waals surface area contributed by atoms with E-state index < -0.39 is 0 Å². The number of hydrogen-bond donors (Lipinski definition) is 2. The Hall–Kier alpha value is -1.46. The van der Waals surface area contributed by atoms with Crippen LogP contribution in [-0.4, -0.2) is 48.9 Å². The Morgan fingerprint density at radius 2 is 2.05 bits per heavy atom. The van der Waals surface area contributed by atoms with Gasteiger partial charge in [-0.3, -0.25) is 10.3 Å². The van der Waals surface area contributed by atoms with Gasteiger partial charge in [0, 0.05) is 24.7 Å². The smallest absolute Gasteiger partial charge is 0.138 e. The van der Waals surface area contributed by atoms with Crippen molar-refractivity contribution in [1.82, 2.24) is 9.80 Å². The quantitative estimate of drug-likeness (QED) is 0.592. The predicted octanol–water partition coefficient (Wildman–Crippen LogP) is 1.88. The van der Waals surface area contributed by atoms with E-state index >= 15 is 0 Å². The Morgan fingerprint density at radius 1 is 1.40 bits per heavy atom. The van der Waals surface area contributed by atoms with Crippen LogP contribution >= 0.6 is 0 Å². The first-order valence-corrected chi connectivity index (χ1v) is 6.87. The number of nitrogens with zero attached hydrogens (tertiary/aromatic N) is 2. The summed E-state index contributed by atoms with van der Waals surface area (Å²) in [7, 11) is 4.06. The molecule has 1 aromatic carbocycles. The molecule has 112 valence electrons. The molecule has 0 saturated carbocycles. The molecule has 0 fully saturated rings. The van der Waals surface area contributed by atoms with Gasteiger partial charge in [0.25, 0.3) is 0 Å². The molecule has 1 unspecified atom stereocenters. The van der Waals surface area contributed by atoms with Crippen LogP contribution in [0, 0.1) is 11.2 Å². The maximum absolute atomic E-state index is 14.3. The Balaban J connectivity index is 2.90. The van der Waals surface area contributed by atoms with Gasteiger partial charge in [0.15, 0.2) is 0 Å². The van der Waals surface area contributed by atoms with E-state index in [4.69, 9.17) is 11.1 Å². The molecule has 0 aliphatic heterocycles. The number of benzene rings is 1. The number of amidine groups is 1. The van der Waals surface area contributed by atoms with Gasteiger partial charge >= 0.3 is 0 Å². The molecule has 5 heteroatoms. The second-order valence-corrected chi connectivity index (χ2v) is 5.37. The molecule has 0 aromatic heterocycles. The maximum atomic E-state index is 14.3. The highest BCUT2D eigenvalue weighted by molar-refractivity contribution is 5.95. The van der Waals surface area contributed by atoms with Gasteiger partial charge in [-0.1, -0.05) is 19.1 Å². The molecule has 0 aliphatic carbocycles. The molecule has 20 heavy (non-hydrogen) atoms. The minimum Gasteiger partial charge on any atom is -0.384 e. The molecule has 0 saturated heterocycles. The molecule has 1 aromatic rings. The van der Waals surface area contributed by atoms with Crippen molar-refractivity contribution in [2.75, 3.05) is 27.2 Å². The van der Waals surface area contributed by atoms with Crippen molar-refractivity contribution in [3.63, 3.8) is 0 Å². The van der Waals surface area contributed by atoms with Crippen LogP contribution in [0.3, 0.4) is 0 Å². The lowest BCUT2D eigenvalue weighted by Gasteiger charge is -2.30. The fourth-order valence-electron chi connectivity index (χ4n) is 2.35. The van der Waals surface area contributed by atoms with Crippen LogP contribution in [0.25, 0.3) is 0 Å². The average Bonchev–Trinajstić information content (AvgIpc) is 2.36. The molecule has 4 nitrogen and oxygen atoms in total. The van der Waals surface area contributed by atoms with E-state index in [1.165, 1.54) is 0 Å². The Morgan fingerprint density at radius 3 is 2.55 bits per heavy atom. The zero-order valence-corrected chi connectivity index (χ0v) is 12.8. The van der Waals surface area contributed by atoms with E-state index in [9.17, 15) is 4.39 Å². The molecular formula is C15H25FN4. The van der Waals surface area contributed by atoms with Crippen LogP contribution in [0.2, 0.25) is 0 Å². The zero-order chi connectivity index (χ0) is 15.3. The number of likely N-dealkylation sites (N-methyl/N-ethyl adjacent to an activating group) is 2. The van der Waals surface area contributed by atoms with Gasteiger partial charge < -0.3 is 10.6 Å². The monoisotopic (exact) mass is 280 g/mol. The van der Waals surface area contributed by atoms with Gasteiger partial charge in [-0.05, 0) is 33.6 Å². The lowest BCUT2D eigenvalue weighted by Crippen LogP contribution is -2.39. The van der Waals surface area contributed by atoms with E-state index in [2.05, 4.69) is 23.6 Å². The highest BCUT2D eigenvalue weighted by atomic mass is 19.1. The Bertz CT molecular complexity index is 459. The Labute approximate surface area is 120 Å². The van der Waals surface area contributed by atoms with Crippen molar-refractivity contribution in [2.24, 2.45) is 5.73 Å². The van der Waals surface area contributed by atoms with Crippen LogP contribution in [0.5, 0.6) is 0 Å². The van der Waals surface area contributed by atoms with Crippen LogP contribution in [0.4, 0.5) is 4.39 Å². The number of halogens is 1. The van der Waals surface area contributed by atoms with Crippen LogP contribution in [0.15, 0.2) is 18.2 Å². The normalized spacial score (nSPS) is 12.9. The summed E-state index contributed by atoms with van der Waals surface area (Å²) >= 11 is 0. The number of hydrogen-bond acceptors (Lipinski definition) is 3. The minimum atomic E-state index is -0.379. The molecule has 0 heterocycles. The molecule has 0 radical (unpaired) electrons. The lowest BCUT2D eigenvalue weighted by molar-refractivity contribution is 0.172. The van der Waals surface area contributed by atoms with Crippen molar-refractivity contribution in [3.05, 3.63) is 35.1 Å². The predicted molar refractivity (Wildman–Crippen MR) is 81.5 cm³/mol. The standard InChI is InChI=1S/C15H25FN4/c1-5-20(11(2)9-19(3)4)10-12-7-6-8-13(14(12)16)15(17)18/h6-8,11H,5,9-10H2,1-4H3,(H3,17,18). The Kier molecular flexibility index (Phi) is 6.10. The summed E-state index contributed by atoms with van der Waals surface area (Å²) in [4.78, 5) is 4.33. The van der Waals surface area contributed by atoms with E-state index in [0.717, 1.165) is 13.1 Å². The zero-order valence-electron chi connectivity index (χ0n) is 12.8. The molecule has 0 amide bonds. The number of nitrogens with one attached hydrogen (secondary N) is 1. The van der Waals surface area contributed by atoms with Gasteiger partial charge in [-0.15, -0.1) is 0 Å². The van der Waals surface area contributed by atoms with E-state index in [-0.39, 0.29) is 17.2 Å². The number of nitrogens with two attached hydrogens (primary N) is 1. The molecular weight excluding hydrogens is 255 g/mol. The summed E-state index contributed by atoms with van der Waals surface area (Å²) in [6.07, 6.45) is 0. The van der Waals surface area contributed by atoms with Gasteiger partial charge in [0.1, 0.15) is 11.7 Å². The van der Waals surface area contributed by atoms with E-state index in [1.54, 1.807) is 18.2 Å². The summed E-state index contributed by atoms with van der Waals surface area (Å²) in [6, 6.07) is 5.38. The van der Waals surface area contributed by atoms with Crippen molar-refractivity contribution in [2.45, 2.75) is 26.4 Å². The van der Waals surface area contributed by atoms with Crippen molar-refractivity contribution in [1.29, 1.82) is 5.41 Å². The van der Waals surface area contributed by atoms with Crippen molar-refractivity contribution >= 4 is 5.84 Å². The highest BCUT2D eigenvalue weighted by Gasteiger charge is 2.17. The summed E-state index contributed by atoms with van der Waals surface area (Å²) in [6.45, 7) is 6.49. The first kappa shape index (κ1) is 16.6. The third-order valence-corrected chi connectivity index (χ3v) is 3.40.